The summed E-state index contributed by atoms with van der Waals surface area (Å²) in [6.07, 6.45) is 5.53. The van der Waals surface area contributed by atoms with Gasteiger partial charge in [0.2, 0.25) is 5.95 Å². The zero-order chi connectivity index (χ0) is 13.1. The van der Waals surface area contributed by atoms with E-state index in [1.54, 1.807) is 6.33 Å². The Bertz CT molecular complexity index is 539. The van der Waals surface area contributed by atoms with Gasteiger partial charge in [0, 0.05) is 19.8 Å². The standard InChI is InChI=1S/C12H18N6/c1-5-6-18-7-9(2)14-12(18)15-10(3)11-16-13-8-17(11)4/h5,7-8,10H,1,6H2,2-4H3,(H,14,15). The minimum absolute atomic E-state index is 0.0443. The van der Waals surface area contributed by atoms with Gasteiger partial charge in [0.15, 0.2) is 5.82 Å². The number of nitrogens with zero attached hydrogens (tertiary/aromatic N) is 5. The molecule has 0 aromatic carbocycles. The molecule has 0 radical (unpaired) electrons. The first-order valence-corrected chi connectivity index (χ1v) is 5.87. The molecule has 0 spiro atoms. The van der Waals surface area contributed by atoms with E-state index in [1.807, 2.05) is 42.3 Å². The number of anilines is 1. The molecule has 0 saturated heterocycles. The molecule has 1 unspecified atom stereocenters. The number of hydrogen-bond acceptors (Lipinski definition) is 4. The molecule has 96 valence electrons. The summed E-state index contributed by atoms with van der Waals surface area (Å²) in [6.45, 7) is 8.48. The lowest BCUT2D eigenvalue weighted by Gasteiger charge is -2.14. The molecule has 2 aromatic heterocycles. The molecule has 6 nitrogen and oxygen atoms in total. The van der Waals surface area contributed by atoms with Crippen molar-refractivity contribution in [2.75, 3.05) is 5.32 Å². The first kappa shape index (κ1) is 12.3. The number of imidazole rings is 1. The van der Waals surface area contributed by atoms with Crippen molar-refractivity contribution in [1.82, 2.24) is 24.3 Å². The fraction of sp³-hybridized carbons (Fsp3) is 0.417. The van der Waals surface area contributed by atoms with Gasteiger partial charge in [-0.1, -0.05) is 6.08 Å². The third-order valence-corrected chi connectivity index (χ3v) is 2.70. The highest BCUT2D eigenvalue weighted by Crippen LogP contribution is 2.16. The monoisotopic (exact) mass is 246 g/mol. The van der Waals surface area contributed by atoms with Crippen LogP contribution in [0.5, 0.6) is 0 Å². The molecule has 0 amide bonds. The van der Waals surface area contributed by atoms with E-state index in [9.17, 15) is 0 Å². The zero-order valence-electron chi connectivity index (χ0n) is 11.0. The lowest BCUT2D eigenvalue weighted by atomic mass is 10.3. The Balaban J connectivity index is 2.18. The van der Waals surface area contributed by atoms with E-state index in [1.165, 1.54) is 0 Å². The molecule has 6 heteroatoms. The molecule has 0 saturated carbocycles. The second-order valence-corrected chi connectivity index (χ2v) is 4.31. The number of aryl methyl sites for hydroxylation is 2. The topological polar surface area (TPSA) is 60.6 Å². The Kier molecular flexibility index (Phi) is 3.45. The van der Waals surface area contributed by atoms with Crippen LogP contribution in [0.25, 0.3) is 0 Å². The summed E-state index contributed by atoms with van der Waals surface area (Å²) in [7, 11) is 1.93. The van der Waals surface area contributed by atoms with E-state index < -0.39 is 0 Å². The van der Waals surface area contributed by atoms with Crippen LogP contribution in [0.2, 0.25) is 0 Å². The molecule has 0 aliphatic heterocycles. The van der Waals surface area contributed by atoms with E-state index >= 15 is 0 Å². The fourth-order valence-corrected chi connectivity index (χ4v) is 1.88. The third kappa shape index (κ3) is 2.42. The normalized spacial score (nSPS) is 12.4. The summed E-state index contributed by atoms with van der Waals surface area (Å²) in [5.74, 6) is 1.70. The predicted octanol–water partition coefficient (Wildman–Crippen LogP) is 1.68. The van der Waals surface area contributed by atoms with Gasteiger partial charge < -0.3 is 14.5 Å². The van der Waals surface area contributed by atoms with Gasteiger partial charge in [-0.3, -0.25) is 0 Å². The van der Waals surface area contributed by atoms with Crippen LogP contribution >= 0.6 is 0 Å². The van der Waals surface area contributed by atoms with E-state index in [4.69, 9.17) is 0 Å². The van der Waals surface area contributed by atoms with Gasteiger partial charge in [0.1, 0.15) is 6.33 Å². The van der Waals surface area contributed by atoms with Crippen molar-refractivity contribution in [2.24, 2.45) is 7.05 Å². The highest BCUT2D eigenvalue weighted by molar-refractivity contribution is 5.31. The summed E-state index contributed by atoms with van der Waals surface area (Å²) < 4.78 is 3.92. The van der Waals surface area contributed by atoms with Crippen molar-refractivity contribution in [1.29, 1.82) is 0 Å². The van der Waals surface area contributed by atoms with Gasteiger partial charge in [0.05, 0.1) is 11.7 Å². The second kappa shape index (κ2) is 5.03. The second-order valence-electron chi connectivity index (χ2n) is 4.31. The molecule has 2 heterocycles. The Morgan fingerprint density at radius 1 is 1.56 bits per heavy atom. The van der Waals surface area contributed by atoms with Crippen LogP contribution in [0, 0.1) is 6.92 Å². The van der Waals surface area contributed by atoms with Gasteiger partial charge in [0.25, 0.3) is 0 Å². The molecule has 2 rings (SSSR count). The fourth-order valence-electron chi connectivity index (χ4n) is 1.88. The Hall–Kier alpha value is -2.11. The molecule has 0 aliphatic rings. The minimum atomic E-state index is 0.0443. The molecule has 2 aromatic rings. The van der Waals surface area contributed by atoms with Gasteiger partial charge in [-0.2, -0.15) is 0 Å². The molecule has 0 bridgehead atoms. The molecule has 1 N–H and O–H groups in total. The van der Waals surface area contributed by atoms with E-state index in [-0.39, 0.29) is 6.04 Å². The maximum atomic E-state index is 4.46. The lowest BCUT2D eigenvalue weighted by Crippen LogP contribution is -2.15. The molecular formula is C12H18N6. The van der Waals surface area contributed by atoms with Crippen molar-refractivity contribution in [2.45, 2.75) is 26.4 Å². The van der Waals surface area contributed by atoms with E-state index in [0.29, 0.717) is 0 Å². The number of rotatable bonds is 5. The van der Waals surface area contributed by atoms with Gasteiger partial charge in [-0.25, -0.2) is 4.98 Å². The quantitative estimate of drug-likeness (QED) is 0.815. The van der Waals surface area contributed by atoms with Crippen LogP contribution in [0.1, 0.15) is 24.5 Å². The van der Waals surface area contributed by atoms with Crippen molar-refractivity contribution < 1.29 is 0 Å². The largest absolute Gasteiger partial charge is 0.346 e. The van der Waals surface area contributed by atoms with Crippen LogP contribution in [0.15, 0.2) is 25.2 Å². The maximum absolute atomic E-state index is 4.46. The molecule has 0 aliphatic carbocycles. The average Bonchev–Trinajstić information content (AvgIpc) is 2.86. The Labute approximate surface area is 106 Å². The lowest BCUT2D eigenvalue weighted by molar-refractivity contribution is 0.700. The summed E-state index contributed by atoms with van der Waals surface area (Å²) in [6, 6.07) is 0.0443. The molecular weight excluding hydrogens is 228 g/mol. The van der Waals surface area contributed by atoms with Crippen LogP contribution < -0.4 is 5.32 Å². The van der Waals surface area contributed by atoms with Crippen LogP contribution in [0.3, 0.4) is 0 Å². The summed E-state index contributed by atoms with van der Waals surface area (Å²) >= 11 is 0. The SMILES string of the molecule is C=CCn1cc(C)nc1NC(C)c1nncn1C. The summed E-state index contributed by atoms with van der Waals surface area (Å²) in [5.41, 5.74) is 0.976. The van der Waals surface area contributed by atoms with Crippen molar-refractivity contribution in [3.63, 3.8) is 0 Å². The number of allylic oxidation sites excluding steroid dienone is 1. The summed E-state index contributed by atoms with van der Waals surface area (Å²) in [4.78, 5) is 4.46. The molecule has 1 atom stereocenters. The molecule has 0 fully saturated rings. The molecule has 18 heavy (non-hydrogen) atoms. The van der Waals surface area contributed by atoms with E-state index in [2.05, 4.69) is 27.1 Å². The van der Waals surface area contributed by atoms with E-state index in [0.717, 1.165) is 24.0 Å². The zero-order valence-corrected chi connectivity index (χ0v) is 11.0. The third-order valence-electron chi connectivity index (χ3n) is 2.70. The van der Waals surface area contributed by atoms with Crippen LogP contribution in [-0.4, -0.2) is 24.3 Å². The number of nitrogens with one attached hydrogen (secondary N) is 1. The Morgan fingerprint density at radius 3 is 2.94 bits per heavy atom. The van der Waals surface area contributed by atoms with Crippen LogP contribution in [0.4, 0.5) is 5.95 Å². The highest BCUT2D eigenvalue weighted by atomic mass is 15.3. The van der Waals surface area contributed by atoms with Gasteiger partial charge >= 0.3 is 0 Å². The van der Waals surface area contributed by atoms with Crippen molar-refractivity contribution in [3.8, 4) is 0 Å². The smallest absolute Gasteiger partial charge is 0.203 e. The first-order chi connectivity index (χ1) is 8.61. The minimum Gasteiger partial charge on any atom is -0.346 e. The average molecular weight is 246 g/mol. The van der Waals surface area contributed by atoms with Crippen molar-refractivity contribution in [3.05, 3.63) is 36.7 Å². The Morgan fingerprint density at radius 2 is 2.33 bits per heavy atom. The number of aromatic nitrogens is 5. The number of hydrogen-bond donors (Lipinski definition) is 1. The van der Waals surface area contributed by atoms with Crippen molar-refractivity contribution >= 4 is 5.95 Å². The predicted molar refractivity (Wildman–Crippen MR) is 70.2 cm³/mol. The van der Waals surface area contributed by atoms with Gasteiger partial charge in [-0.05, 0) is 13.8 Å². The van der Waals surface area contributed by atoms with Gasteiger partial charge in [-0.15, -0.1) is 16.8 Å². The maximum Gasteiger partial charge on any atom is 0.203 e. The van der Waals surface area contributed by atoms with Crippen LogP contribution in [-0.2, 0) is 13.6 Å². The highest BCUT2D eigenvalue weighted by Gasteiger charge is 2.14. The summed E-state index contributed by atoms with van der Waals surface area (Å²) in [5, 5.41) is 11.3. The first-order valence-electron chi connectivity index (χ1n) is 5.87.